The minimum Gasteiger partial charge on any atom is -0.278 e. The molecule has 2 aromatic heterocycles. The molecule has 1 N–H and O–H groups in total. The van der Waals surface area contributed by atoms with E-state index in [1.54, 1.807) is 0 Å². The zero-order chi connectivity index (χ0) is 15.2. The lowest BCUT2D eigenvalue weighted by molar-refractivity contribution is 0.802. The first-order chi connectivity index (χ1) is 11.4. The molecule has 2 aliphatic rings. The first kappa shape index (κ1) is 12.8. The van der Waals surface area contributed by atoms with Gasteiger partial charge in [-0.3, -0.25) is 15.1 Å². The summed E-state index contributed by atoms with van der Waals surface area (Å²) in [6.45, 7) is 0. The van der Waals surface area contributed by atoms with E-state index in [2.05, 4.69) is 39.4 Å². The van der Waals surface area contributed by atoms with E-state index in [-0.39, 0.29) is 0 Å². The Hall–Kier alpha value is -2.75. The molecule has 1 fully saturated rings. The summed E-state index contributed by atoms with van der Waals surface area (Å²) in [5, 5.41) is 8.34. The van der Waals surface area contributed by atoms with Crippen LogP contribution in [0.2, 0.25) is 0 Å². The Morgan fingerprint density at radius 2 is 2.13 bits per heavy atom. The predicted molar refractivity (Wildman–Crippen MR) is 91.9 cm³/mol. The number of allylic oxidation sites excluding steroid dienone is 1. The molecule has 1 unspecified atom stereocenters. The molecule has 0 spiro atoms. The van der Waals surface area contributed by atoms with Crippen molar-refractivity contribution in [3.8, 4) is 0 Å². The summed E-state index contributed by atoms with van der Waals surface area (Å²) in [7, 11) is 0. The number of aromatic amines is 1. The zero-order valence-electron chi connectivity index (χ0n) is 12.7. The second-order valence-corrected chi connectivity index (χ2v) is 6.20. The fourth-order valence-corrected chi connectivity index (χ4v) is 3.78. The molecule has 3 aromatic rings. The minimum atomic E-state index is 0.451. The lowest BCUT2D eigenvalue weighted by atomic mass is 9.89. The number of rotatable bonds is 2. The van der Waals surface area contributed by atoms with Crippen LogP contribution in [0.15, 0.2) is 53.8 Å². The number of hydrogen-bond donors (Lipinski definition) is 1. The molecule has 0 radical (unpaired) electrons. The van der Waals surface area contributed by atoms with Gasteiger partial charge in [0.1, 0.15) is 0 Å². The van der Waals surface area contributed by atoms with E-state index in [0.717, 1.165) is 28.7 Å². The SMILES string of the molecule is c1ccc(C2=C(c3ccc4cn[nH]c4c3)C3CCCC3=N2)nc1. The van der Waals surface area contributed by atoms with Gasteiger partial charge in [-0.15, -0.1) is 0 Å². The van der Waals surface area contributed by atoms with Crippen molar-refractivity contribution in [2.24, 2.45) is 10.9 Å². The van der Waals surface area contributed by atoms with Gasteiger partial charge in [-0.2, -0.15) is 5.10 Å². The van der Waals surface area contributed by atoms with Crippen molar-refractivity contribution >= 4 is 27.9 Å². The van der Waals surface area contributed by atoms with Crippen LogP contribution >= 0.6 is 0 Å². The first-order valence-electron chi connectivity index (χ1n) is 8.07. The van der Waals surface area contributed by atoms with E-state index in [9.17, 15) is 0 Å². The summed E-state index contributed by atoms with van der Waals surface area (Å²) in [4.78, 5) is 9.48. The van der Waals surface area contributed by atoms with Crippen LogP contribution in [0.1, 0.15) is 30.5 Å². The molecule has 1 aliphatic carbocycles. The summed E-state index contributed by atoms with van der Waals surface area (Å²) in [5.74, 6) is 0.451. The normalized spacial score (nSPS) is 20.2. The highest BCUT2D eigenvalue weighted by Crippen LogP contribution is 2.45. The number of fused-ring (bicyclic) bond motifs is 2. The van der Waals surface area contributed by atoms with Gasteiger partial charge in [0.2, 0.25) is 0 Å². The Balaban J connectivity index is 1.72. The maximum atomic E-state index is 4.95. The van der Waals surface area contributed by atoms with Gasteiger partial charge < -0.3 is 0 Å². The molecule has 112 valence electrons. The quantitative estimate of drug-likeness (QED) is 0.775. The predicted octanol–water partition coefficient (Wildman–Crippen LogP) is 4.08. The summed E-state index contributed by atoms with van der Waals surface area (Å²) in [6.07, 6.45) is 7.22. The Bertz CT molecular complexity index is 950. The molecular weight excluding hydrogens is 284 g/mol. The highest BCUT2D eigenvalue weighted by Gasteiger charge is 2.34. The van der Waals surface area contributed by atoms with Gasteiger partial charge in [-0.1, -0.05) is 18.2 Å². The number of pyridine rings is 1. The van der Waals surface area contributed by atoms with Crippen LogP contribution in [0.3, 0.4) is 0 Å². The molecule has 1 atom stereocenters. The number of H-pyrrole nitrogens is 1. The van der Waals surface area contributed by atoms with Crippen molar-refractivity contribution in [2.75, 3.05) is 0 Å². The van der Waals surface area contributed by atoms with Crippen LogP contribution in [0, 0.1) is 5.92 Å². The van der Waals surface area contributed by atoms with Crippen molar-refractivity contribution in [2.45, 2.75) is 19.3 Å². The third-order valence-corrected chi connectivity index (χ3v) is 4.85. The third kappa shape index (κ3) is 1.95. The van der Waals surface area contributed by atoms with Gasteiger partial charge in [0.25, 0.3) is 0 Å². The molecule has 4 heteroatoms. The first-order valence-corrected chi connectivity index (χ1v) is 8.07. The van der Waals surface area contributed by atoms with E-state index in [1.807, 2.05) is 24.5 Å². The Labute approximate surface area is 134 Å². The number of aromatic nitrogens is 3. The van der Waals surface area contributed by atoms with Crippen molar-refractivity contribution in [1.29, 1.82) is 0 Å². The monoisotopic (exact) mass is 300 g/mol. The summed E-state index contributed by atoms with van der Waals surface area (Å²) < 4.78 is 0. The fourth-order valence-electron chi connectivity index (χ4n) is 3.78. The van der Waals surface area contributed by atoms with Gasteiger partial charge in [0.05, 0.1) is 23.1 Å². The molecule has 5 rings (SSSR count). The Kier molecular flexibility index (Phi) is 2.71. The molecule has 3 heterocycles. The number of aliphatic imine (C=N–C) groups is 1. The second kappa shape index (κ2) is 4.88. The van der Waals surface area contributed by atoms with Gasteiger partial charge in [-0.05, 0) is 48.6 Å². The molecule has 1 saturated carbocycles. The van der Waals surface area contributed by atoms with Crippen molar-refractivity contribution in [1.82, 2.24) is 15.2 Å². The summed E-state index contributed by atoms with van der Waals surface area (Å²) >= 11 is 0. The van der Waals surface area contributed by atoms with Gasteiger partial charge in [0, 0.05) is 23.2 Å². The lowest BCUT2D eigenvalue weighted by Crippen LogP contribution is -2.04. The highest BCUT2D eigenvalue weighted by atomic mass is 15.1. The molecule has 0 bridgehead atoms. The van der Waals surface area contributed by atoms with E-state index in [4.69, 9.17) is 4.99 Å². The number of nitrogens with one attached hydrogen (secondary N) is 1. The van der Waals surface area contributed by atoms with Crippen LogP contribution in [0.4, 0.5) is 0 Å². The molecule has 4 nitrogen and oxygen atoms in total. The maximum absolute atomic E-state index is 4.95. The van der Waals surface area contributed by atoms with Crippen LogP contribution in [0.5, 0.6) is 0 Å². The fraction of sp³-hybridized carbons (Fsp3) is 0.211. The molecular formula is C19H16N4. The van der Waals surface area contributed by atoms with E-state index in [0.29, 0.717) is 5.92 Å². The summed E-state index contributed by atoms with van der Waals surface area (Å²) in [6, 6.07) is 12.5. The molecule has 0 amide bonds. The topological polar surface area (TPSA) is 53.9 Å². The lowest BCUT2D eigenvalue weighted by Gasteiger charge is -2.13. The van der Waals surface area contributed by atoms with Crippen LogP contribution in [-0.4, -0.2) is 20.9 Å². The Morgan fingerprint density at radius 3 is 3.04 bits per heavy atom. The standard InChI is InChI=1S/C19H16N4/c1-2-9-20-16(5-1)19-18(14-4-3-6-15(14)22-19)12-7-8-13-11-21-23-17(13)10-12/h1-2,5,7-11,14H,3-4,6H2,(H,21,23). The maximum Gasteiger partial charge on any atom is 0.0930 e. The van der Waals surface area contributed by atoms with Crippen molar-refractivity contribution in [3.63, 3.8) is 0 Å². The molecule has 1 aliphatic heterocycles. The average Bonchev–Trinajstić information content (AvgIpc) is 3.30. The van der Waals surface area contributed by atoms with Crippen LogP contribution in [-0.2, 0) is 0 Å². The summed E-state index contributed by atoms with van der Waals surface area (Å²) in [5.41, 5.74) is 6.96. The number of nitrogens with zero attached hydrogens (tertiary/aromatic N) is 3. The second-order valence-electron chi connectivity index (χ2n) is 6.20. The van der Waals surface area contributed by atoms with E-state index >= 15 is 0 Å². The number of benzene rings is 1. The van der Waals surface area contributed by atoms with Crippen molar-refractivity contribution in [3.05, 3.63) is 60.0 Å². The zero-order valence-corrected chi connectivity index (χ0v) is 12.7. The molecule has 0 saturated heterocycles. The molecule has 1 aromatic carbocycles. The van der Waals surface area contributed by atoms with Gasteiger partial charge >= 0.3 is 0 Å². The smallest absolute Gasteiger partial charge is 0.0930 e. The average molecular weight is 300 g/mol. The third-order valence-electron chi connectivity index (χ3n) is 4.85. The van der Waals surface area contributed by atoms with E-state index < -0.39 is 0 Å². The van der Waals surface area contributed by atoms with Crippen LogP contribution in [0.25, 0.3) is 22.2 Å². The van der Waals surface area contributed by atoms with Crippen molar-refractivity contribution < 1.29 is 0 Å². The largest absolute Gasteiger partial charge is 0.278 e. The highest BCUT2D eigenvalue weighted by molar-refractivity contribution is 6.13. The van der Waals surface area contributed by atoms with Gasteiger partial charge in [-0.25, -0.2) is 0 Å². The minimum absolute atomic E-state index is 0.451. The molecule has 23 heavy (non-hydrogen) atoms. The van der Waals surface area contributed by atoms with Crippen LogP contribution < -0.4 is 0 Å². The Morgan fingerprint density at radius 1 is 1.13 bits per heavy atom. The van der Waals surface area contributed by atoms with Gasteiger partial charge in [0.15, 0.2) is 0 Å². The van der Waals surface area contributed by atoms with E-state index in [1.165, 1.54) is 29.7 Å². The number of hydrogen-bond acceptors (Lipinski definition) is 3.